The van der Waals surface area contributed by atoms with Crippen LogP contribution in [0.2, 0.25) is 0 Å². The number of pyridine rings is 1. The number of nitrogens with zero attached hydrogens (tertiary/aromatic N) is 1. The largest absolute Gasteiger partial charge is 0.618 e. The third-order valence-electron chi connectivity index (χ3n) is 3.11. The minimum atomic E-state index is -0.334. The second-order valence-corrected chi connectivity index (χ2v) is 6.13. The third kappa shape index (κ3) is 4.23. The van der Waals surface area contributed by atoms with Crippen molar-refractivity contribution < 1.29 is 9.52 Å². The SMILES string of the molecule is CC(Sc1cccc[n+]1[O-])C(=O)NC(C)c1ccccc1. The van der Waals surface area contributed by atoms with Crippen LogP contribution in [0, 0.1) is 5.21 Å². The normalized spacial score (nSPS) is 13.4. The fourth-order valence-corrected chi connectivity index (χ4v) is 2.75. The molecule has 21 heavy (non-hydrogen) atoms. The lowest BCUT2D eigenvalue weighted by Crippen LogP contribution is -2.35. The van der Waals surface area contributed by atoms with E-state index in [0.29, 0.717) is 5.03 Å². The van der Waals surface area contributed by atoms with Crippen molar-refractivity contribution in [1.29, 1.82) is 0 Å². The van der Waals surface area contributed by atoms with Crippen molar-refractivity contribution in [1.82, 2.24) is 5.32 Å². The summed E-state index contributed by atoms with van der Waals surface area (Å²) in [6, 6.07) is 14.9. The number of hydrogen-bond donors (Lipinski definition) is 1. The monoisotopic (exact) mass is 302 g/mol. The average Bonchev–Trinajstić information content (AvgIpc) is 2.50. The van der Waals surface area contributed by atoms with E-state index in [4.69, 9.17) is 0 Å². The smallest absolute Gasteiger partial charge is 0.252 e. The summed E-state index contributed by atoms with van der Waals surface area (Å²) in [6.45, 7) is 3.74. The Balaban J connectivity index is 1.95. The van der Waals surface area contributed by atoms with Crippen LogP contribution in [0.25, 0.3) is 0 Å². The van der Waals surface area contributed by atoms with Crippen molar-refractivity contribution in [2.24, 2.45) is 0 Å². The Bertz CT molecular complexity index is 604. The highest BCUT2D eigenvalue weighted by Gasteiger charge is 2.20. The predicted molar refractivity (Wildman–Crippen MR) is 83.7 cm³/mol. The number of carbonyl (C=O) groups excluding carboxylic acids is 1. The van der Waals surface area contributed by atoms with E-state index in [2.05, 4.69) is 5.32 Å². The molecule has 0 radical (unpaired) electrons. The Labute approximate surface area is 128 Å². The van der Waals surface area contributed by atoms with E-state index in [9.17, 15) is 10.0 Å². The molecule has 1 aromatic heterocycles. The molecule has 2 rings (SSSR count). The van der Waals surface area contributed by atoms with Crippen LogP contribution in [-0.2, 0) is 4.79 Å². The van der Waals surface area contributed by atoms with Crippen molar-refractivity contribution in [3.63, 3.8) is 0 Å². The van der Waals surface area contributed by atoms with Gasteiger partial charge in [-0.05, 0) is 37.2 Å². The highest BCUT2D eigenvalue weighted by molar-refractivity contribution is 8.00. The molecule has 0 aliphatic rings. The Morgan fingerprint density at radius 1 is 1.14 bits per heavy atom. The van der Waals surface area contributed by atoms with E-state index < -0.39 is 0 Å². The Kier molecular flexibility index (Phi) is 5.22. The highest BCUT2D eigenvalue weighted by Crippen LogP contribution is 2.20. The van der Waals surface area contributed by atoms with Gasteiger partial charge in [-0.3, -0.25) is 4.79 Å². The molecule has 4 nitrogen and oxygen atoms in total. The van der Waals surface area contributed by atoms with Gasteiger partial charge >= 0.3 is 0 Å². The molecule has 1 N–H and O–H groups in total. The summed E-state index contributed by atoms with van der Waals surface area (Å²) in [5.41, 5.74) is 1.06. The van der Waals surface area contributed by atoms with Crippen molar-refractivity contribution in [2.45, 2.75) is 30.2 Å². The number of benzene rings is 1. The zero-order valence-electron chi connectivity index (χ0n) is 12.0. The van der Waals surface area contributed by atoms with Gasteiger partial charge in [0.1, 0.15) is 0 Å². The van der Waals surface area contributed by atoms with Crippen LogP contribution in [0.4, 0.5) is 0 Å². The van der Waals surface area contributed by atoms with E-state index in [0.717, 1.165) is 10.3 Å². The van der Waals surface area contributed by atoms with E-state index in [1.54, 1.807) is 25.1 Å². The van der Waals surface area contributed by atoms with Crippen LogP contribution in [0.15, 0.2) is 59.8 Å². The summed E-state index contributed by atoms with van der Waals surface area (Å²) < 4.78 is 0.773. The van der Waals surface area contributed by atoms with Crippen LogP contribution in [0.5, 0.6) is 0 Å². The Morgan fingerprint density at radius 3 is 2.48 bits per heavy atom. The quantitative estimate of drug-likeness (QED) is 0.525. The molecule has 0 aliphatic heterocycles. The molecule has 1 amide bonds. The standard InChI is InChI=1S/C16H18N2O2S/c1-12(14-8-4-3-5-9-14)17-16(19)13(2)21-15-10-6-7-11-18(15)20/h3-13H,1-2H3,(H,17,19). The number of amides is 1. The van der Waals surface area contributed by atoms with Gasteiger partial charge in [0.25, 0.3) is 5.03 Å². The lowest BCUT2D eigenvalue weighted by molar-refractivity contribution is -0.645. The zero-order chi connectivity index (χ0) is 15.2. The number of hydrogen-bond acceptors (Lipinski definition) is 3. The molecule has 0 fully saturated rings. The van der Waals surface area contributed by atoms with Gasteiger partial charge in [0.05, 0.1) is 11.3 Å². The first-order chi connectivity index (χ1) is 10.1. The summed E-state index contributed by atoms with van der Waals surface area (Å²) in [7, 11) is 0. The molecule has 2 unspecified atom stereocenters. The summed E-state index contributed by atoms with van der Waals surface area (Å²) in [5, 5.41) is 14.7. The first-order valence-electron chi connectivity index (χ1n) is 6.78. The molecule has 0 bridgehead atoms. The maximum atomic E-state index is 12.2. The molecular weight excluding hydrogens is 284 g/mol. The van der Waals surface area contributed by atoms with Gasteiger partial charge < -0.3 is 10.5 Å². The van der Waals surface area contributed by atoms with Gasteiger partial charge in [0, 0.05) is 12.1 Å². The molecule has 0 spiro atoms. The molecule has 0 aliphatic carbocycles. The van der Waals surface area contributed by atoms with Crippen molar-refractivity contribution in [2.75, 3.05) is 0 Å². The van der Waals surface area contributed by atoms with Crippen LogP contribution >= 0.6 is 11.8 Å². The van der Waals surface area contributed by atoms with E-state index in [1.165, 1.54) is 18.0 Å². The van der Waals surface area contributed by atoms with Crippen molar-refractivity contribution in [3.05, 3.63) is 65.5 Å². The fraction of sp³-hybridized carbons (Fsp3) is 0.250. The number of aromatic nitrogens is 1. The highest BCUT2D eigenvalue weighted by atomic mass is 32.2. The van der Waals surface area contributed by atoms with Gasteiger partial charge in [-0.2, -0.15) is 4.73 Å². The van der Waals surface area contributed by atoms with Gasteiger partial charge in [0.15, 0.2) is 6.20 Å². The van der Waals surface area contributed by atoms with Gasteiger partial charge in [-0.15, -0.1) is 0 Å². The lowest BCUT2D eigenvalue weighted by atomic mass is 10.1. The van der Waals surface area contributed by atoms with Gasteiger partial charge in [-0.1, -0.05) is 30.3 Å². The van der Waals surface area contributed by atoms with E-state index in [1.807, 2.05) is 37.3 Å². The summed E-state index contributed by atoms with van der Waals surface area (Å²) in [5.74, 6) is -0.0831. The topological polar surface area (TPSA) is 56.0 Å². The molecule has 1 heterocycles. The minimum Gasteiger partial charge on any atom is -0.618 e. The van der Waals surface area contributed by atoms with Crippen molar-refractivity contribution in [3.8, 4) is 0 Å². The van der Waals surface area contributed by atoms with Crippen LogP contribution in [0.1, 0.15) is 25.5 Å². The molecule has 1 aromatic carbocycles. The average molecular weight is 302 g/mol. The third-order valence-corrected chi connectivity index (χ3v) is 4.24. The van der Waals surface area contributed by atoms with Gasteiger partial charge in [0.2, 0.25) is 5.91 Å². The van der Waals surface area contributed by atoms with Crippen LogP contribution in [-0.4, -0.2) is 11.2 Å². The van der Waals surface area contributed by atoms with E-state index >= 15 is 0 Å². The molecule has 2 atom stereocenters. The maximum absolute atomic E-state index is 12.2. The van der Waals surface area contributed by atoms with Crippen LogP contribution < -0.4 is 10.0 Å². The molecule has 0 saturated heterocycles. The zero-order valence-corrected chi connectivity index (χ0v) is 12.8. The molecule has 110 valence electrons. The molecular formula is C16H18N2O2S. The number of rotatable bonds is 5. The predicted octanol–water partition coefficient (Wildman–Crippen LogP) is 2.68. The Hall–Kier alpha value is -2.01. The lowest BCUT2D eigenvalue weighted by Gasteiger charge is -2.17. The number of nitrogens with one attached hydrogen (secondary N) is 1. The molecule has 0 saturated carbocycles. The fourth-order valence-electron chi connectivity index (χ4n) is 1.89. The summed E-state index contributed by atoms with van der Waals surface area (Å²) in [6.07, 6.45) is 1.43. The first kappa shape index (κ1) is 15.4. The summed E-state index contributed by atoms with van der Waals surface area (Å²) in [4.78, 5) is 12.2. The first-order valence-corrected chi connectivity index (χ1v) is 7.66. The Morgan fingerprint density at radius 2 is 1.81 bits per heavy atom. The molecule has 5 heteroatoms. The number of thioether (sulfide) groups is 1. The van der Waals surface area contributed by atoms with Crippen molar-refractivity contribution >= 4 is 17.7 Å². The number of carbonyl (C=O) groups is 1. The maximum Gasteiger partial charge on any atom is 0.252 e. The van der Waals surface area contributed by atoms with E-state index in [-0.39, 0.29) is 17.2 Å². The summed E-state index contributed by atoms with van der Waals surface area (Å²) >= 11 is 1.25. The minimum absolute atomic E-state index is 0.0584. The molecule has 2 aromatic rings. The second-order valence-electron chi connectivity index (χ2n) is 4.77. The second kappa shape index (κ2) is 7.13. The van der Waals surface area contributed by atoms with Crippen LogP contribution in [0.3, 0.4) is 0 Å². The van der Waals surface area contributed by atoms with Gasteiger partial charge in [-0.25, -0.2) is 0 Å².